The molecule has 26 heavy (non-hydrogen) atoms. The minimum atomic E-state index is 0.737. The third kappa shape index (κ3) is 5.72. The van der Waals surface area contributed by atoms with Crippen molar-refractivity contribution in [3.05, 3.63) is 29.8 Å². The zero-order chi connectivity index (χ0) is 18.4. The number of rotatable bonds is 7. The second-order valence-electron chi connectivity index (χ2n) is 8.79. The Labute approximate surface area is 160 Å². The van der Waals surface area contributed by atoms with Gasteiger partial charge in [-0.15, -0.1) is 0 Å². The molecule has 1 aliphatic heterocycles. The van der Waals surface area contributed by atoms with Gasteiger partial charge in [-0.1, -0.05) is 19.1 Å². The van der Waals surface area contributed by atoms with Gasteiger partial charge in [0.15, 0.2) is 0 Å². The third-order valence-corrected chi connectivity index (χ3v) is 6.41. The van der Waals surface area contributed by atoms with Crippen molar-refractivity contribution in [2.75, 3.05) is 40.3 Å². The van der Waals surface area contributed by atoms with E-state index in [1.165, 1.54) is 63.7 Å². The summed E-state index contributed by atoms with van der Waals surface area (Å²) < 4.78 is 5.98. The van der Waals surface area contributed by atoms with E-state index in [2.05, 4.69) is 55.1 Å². The first-order valence-corrected chi connectivity index (χ1v) is 10.7. The summed E-state index contributed by atoms with van der Waals surface area (Å²) in [6, 6.07) is 9.72. The molecule has 0 N–H and O–H groups in total. The van der Waals surface area contributed by atoms with Gasteiger partial charge in [0.25, 0.3) is 0 Å². The fraction of sp³-hybridized carbons (Fsp3) is 0.739. The zero-order valence-electron chi connectivity index (χ0n) is 17.1. The van der Waals surface area contributed by atoms with Gasteiger partial charge in [0, 0.05) is 19.1 Å². The van der Waals surface area contributed by atoms with Crippen LogP contribution < -0.4 is 4.74 Å². The Morgan fingerprint density at radius 1 is 1.04 bits per heavy atom. The maximum Gasteiger partial charge on any atom is 0.119 e. The highest BCUT2D eigenvalue weighted by molar-refractivity contribution is 5.29. The maximum atomic E-state index is 5.98. The molecule has 3 nitrogen and oxygen atoms in total. The maximum absolute atomic E-state index is 5.98. The Morgan fingerprint density at radius 2 is 1.77 bits per heavy atom. The molecule has 1 aliphatic carbocycles. The molecule has 1 atom stereocenters. The van der Waals surface area contributed by atoms with Crippen LogP contribution in [0.5, 0.6) is 5.75 Å². The van der Waals surface area contributed by atoms with Crippen LogP contribution in [0, 0.1) is 5.92 Å². The molecule has 0 bridgehead atoms. The molecule has 0 amide bonds. The lowest BCUT2D eigenvalue weighted by atomic mass is 9.81. The van der Waals surface area contributed by atoms with Crippen molar-refractivity contribution in [2.45, 2.75) is 63.8 Å². The minimum absolute atomic E-state index is 0.737. The molecular formula is C23H38N2O. The Bertz CT molecular complexity index is 520. The molecule has 1 saturated heterocycles. The van der Waals surface area contributed by atoms with Gasteiger partial charge >= 0.3 is 0 Å². The Hall–Kier alpha value is -1.06. The fourth-order valence-corrected chi connectivity index (χ4v) is 4.73. The van der Waals surface area contributed by atoms with E-state index >= 15 is 0 Å². The first kappa shape index (κ1) is 19.7. The van der Waals surface area contributed by atoms with Crippen LogP contribution in [0.2, 0.25) is 0 Å². The van der Waals surface area contributed by atoms with E-state index in [9.17, 15) is 0 Å². The molecule has 0 aromatic heterocycles. The first-order chi connectivity index (χ1) is 12.6. The summed E-state index contributed by atoms with van der Waals surface area (Å²) >= 11 is 0. The normalized spacial score (nSPS) is 27.6. The molecular weight excluding hydrogens is 320 g/mol. The number of piperidine rings is 1. The van der Waals surface area contributed by atoms with Gasteiger partial charge < -0.3 is 14.5 Å². The molecule has 1 aromatic carbocycles. The second-order valence-corrected chi connectivity index (χ2v) is 8.79. The van der Waals surface area contributed by atoms with Gasteiger partial charge in [0.1, 0.15) is 5.75 Å². The lowest BCUT2D eigenvalue weighted by Crippen LogP contribution is -2.35. The quantitative estimate of drug-likeness (QED) is 0.653. The van der Waals surface area contributed by atoms with Crippen molar-refractivity contribution in [1.29, 1.82) is 0 Å². The third-order valence-electron chi connectivity index (χ3n) is 6.41. The van der Waals surface area contributed by atoms with Gasteiger partial charge in [-0.3, -0.25) is 0 Å². The van der Waals surface area contributed by atoms with Crippen molar-refractivity contribution >= 4 is 0 Å². The molecule has 2 aliphatic rings. The number of nitrogens with zero attached hydrogens (tertiary/aromatic N) is 2. The average Bonchev–Trinajstić information content (AvgIpc) is 2.66. The van der Waals surface area contributed by atoms with Crippen molar-refractivity contribution in [3.8, 4) is 5.75 Å². The smallest absolute Gasteiger partial charge is 0.119 e. The summed E-state index contributed by atoms with van der Waals surface area (Å²) in [5.41, 5.74) is 1.50. The molecule has 1 aromatic rings. The van der Waals surface area contributed by atoms with Gasteiger partial charge in [0.2, 0.25) is 0 Å². The van der Waals surface area contributed by atoms with Gasteiger partial charge in [0.05, 0.1) is 6.61 Å². The zero-order valence-corrected chi connectivity index (χ0v) is 17.1. The standard InChI is InChI=1S/C23H38N2O/c1-19-6-4-15-25(18-19)16-5-17-26-23-13-9-21(10-14-23)20-7-11-22(12-8-20)24(2)3/h9-10,13-14,19-20,22H,4-8,11-12,15-18H2,1-3H3/t19-,20?,22?/m1/s1. The van der Waals surface area contributed by atoms with Crippen LogP contribution in [0.25, 0.3) is 0 Å². The Balaban J connectivity index is 1.37. The summed E-state index contributed by atoms with van der Waals surface area (Å²) in [7, 11) is 4.42. The van der Waals surface area contributed by atoms with Crippen molar-refractivity contribution < 1.29 is 4.74 Å². The second kappa shape index (κ2) is 9.75. The largest absolute Gasteiger partial charge is 0.494 e. The molecule has 3 rings (SSSR count). The van der Waals surface area contributed by atoms with Crippen LogP contribution in [-0.4, -0.2) is 56.2 Å². The van der Waals surface area contributed by atoms with Crippen molar-refractivity contribution in [1.82, 2.24) is 9.80 Å². The van der Waals surface area contributed by atoms with Crippen molar-refractivity contribution in [3.63, 3.8) is 0 Å². The summed E-state index contributed by atoms with van der Waals surface area (Å²) in [5, 5.41) is 0. The number of ether oxygens (including phenoxy) is 1. The summed E-state index contributed by atoms with van der Waals surface area (Å²) in [6.07, 6.45) is 9.17. The van der Waals surface area contributed by atoms with Gasteiger partial charge in [-0.25, -0.2) is 0 Å². The van der Waals surface area contributed by atoms with Crippen LogP contribution >= 0.6 is 0 Å². The Morgan fingerprint density at radius 3 is 2.42 bits per heavy atom. The van der Waals surface area contributed by atoms with Crippen LogP contribution in [0.4, 0.5) is 0 Å². The lowest BCUT2D eigenvalue weighted by Gasteiger charge is -2.32. The van der Waals surface area contributed by atoms with Gasteiger partial charge in [-0.2, -0.15) is 0 Å². The summed E-state index contributed by atoms with van der Waals surface area (Å²) in [4.78, 5) is 4.99. The monoisotopic (exact) mass is 358 g/mol. The van der Waals surface area contributed by atoms with Crippen LogP contribution in [-0.2, 0) is 0 Å². The van der Waals surface area contributed by atoms with E-state index < -0.39 is 0 Å². The predicted octanol–water partition coefficient (Wildman–Crippen LogP) is 4.78. The fourth-order valence-electron chi connectivity index (χ4n) is 4.73. The Kier molecular flexibility index (Phi) is 7.39. The van der Waals surface area contributed by atoms with E-state index in [4.69, 9.17) is 4.74 Å². The van der Waals surface area contributed by atoms with Crippen LogP contribution in [0.15, 0.2) is 24.3 Å². The highest BCUT2D eigenvalue weighted by Crippen LogP contribution is 2.34. The molecule has 1 saturated carbocycles. The average molecular weight is 359 g/mol. The molecule has 0 radical (unpaired) electrons. The van der Waals surface area contributed by atoms with E-state index in [1.807, 2.05) is 0 Å². The number of benzene rings is 1. The minimum Gasteiger partial charge on any atom is -0.494 e. The topological polar surface area (TPSA) is 15.7 Å². The predicted molar refractivity (Wildman–Crippen MR) is 110 cm³/mol. The summed E-state index contributed by atoms with van der Waals surface area (Å²) in [6.45, 7) is 6.92. The van der Waals surface area contributed by atoms with Crippen LogP contribution in [0.3, 0.4) is 0 Å². The highest BCUT2D eigenvalue weighted by atomic mass is 16.5. The molecule has 2 fully saturated rings. The van der Waals surface area contributed by atoms with Gasteiger partial charge in [-0.05, 0) is 95.1 Å². The molecule has 1 heterocycles. The number of likely N-dealkylation sites (tertiary alicyclic amines) is 1. The van der Waals surface area contributed by atoms with E-state index in [0.29, 0.717) is 0 Å². The SMILES string of the molecule is C[C@@H]1CCCN(CCCOc2ccc(C3CCC(N(C)C)CC3)cc2)C1. The number of hydrogen-bond donors (Lipinski definition) is 0. The molecule has 0 unspecified atom stereocenters. The van der Waals surface area contributed by atoms with Crippen molar-refractivity contribution in [2.24, 2.45) is 5.92 Å². The highest BCUT2D eigenvalue weighted by Gasteiger charge is 2.23. The molecule has 3 heteroatoms. The molecule has 146 valence electrons. The molecule has 0 spiro atoms. The van der Waals surface area contributed by atoms with E-state index in [0.717, 1.165) is 36.7 Å². The summed E-state index contributed by atoms with van der Waals surface area (Å²) in [5.74, 6) is 2.63. The lowest BCUT2D eigenvalue weighted by molar-refractivity contribution is 0.170. The first-order valence-electron chi connectivity index (χ1n) is 10.7. The van der Waals surface area contributed by atoms with E-state index in [-0.39, 0.29) is 0 Å². The van der Waals surface area contributed by atoms with E-state index in [1.54, 1.807) is 0 Å². The van der Waals surface area contributed by atoms with Crippen LogP contribution in [0.1, 0.15) is 63.4 Å². The number of hydrogen-bond acceptors (Lipinski definition) is 3.